The zero-order valence-corrected chi connectivity index (χ0v) is 15.9. The van der Waals surface area contributed by atoms with Gasteiger partial charge in [0.2, 0.25) is 5.91 Å². The highest BCUT2D eigenvalue weighted by atomic mass is 16.2. The minimum Gasteiger partial charge on any atom is -0.273 e. The molecule has 0 unspecified atom stereocenters. The molecule has 3 nitrogen and oxygen atoms in total. The van der Waals surface area contributed by atoms with Crippen LogP contribution in [0, 0.1) is 5.41 Å². The van der Waals surface area contributed by atoms with Gasteiger partial charge in [0.1, 0.15) is 5.54 Å². The molecule has 2 aromatic carbocycles. The highest BCUT2D eigenvalue weighted by Gasteiger charge is 2.64. The van der Waals surface area contributed by atoms with E-state index in [1.54, 1.807) is 0 Å². The smallest absolute Gasteiger partial charge is 0.246 e. The van der Waals surface area contributed by atoms with Crippen molar-refractivity contribution in [3.05, 3.63) is 83.9 Å². The molecule has 0 aliphatic carbocycles. The summed E-state index contributed by atoms with van der Waals surface area (Å²) < 4.78 is 0. The van der Waals surface area contributed by atoms with E-state index in [9.17, 15) is 4.79 Å². The normalized spacial score (nSPS) is 18.7. The van der Waals surface area contributed by atoms with Crippen LogP contribution in [-0.4, -0.2) is 35.6 Å². The number of nitrogens with zero attached hydrogens (tertiary/aromatic N) is 2. The van der Waals surface area contributed by atoms with Crippen LogP contribution in [-0.2, 0) is 4.79 Å². The first-order valence-corrected chi connectivity index (χ1v) is 8.89. The van der Waals surface area contributed by atoms with E-state index in [0.717, 1.165) is 11.1 Å². The Morgan fingerprint density at radius 2 is 1.23 bits per heavy atom. The van der Waals surface area contributed by atoms with E-state index in [4.69, 9.17) is 0 Å². The average Bonchev–Trinajstić information content (AvgIpc) is 2.64. The summed E-state index contributed by atoms with van der Waals surface area (Å²) in [6.07, 6.45) is 8.48. The van der Waals surface area contributed by atoms with Crippen LogP contribution in [0.5, 0.6) is 0 Å². The Morgan fingerprint density at radius 1 is 0.808 bits per heavy atom. The van der Waals surface area contributed by atoms with Crippen molar-refractivity contribution < 1.29 is 4.79 Å². The predicted molar refractivity (Wildman–Crippen MR) is 108 cm³/mol. The third kappa shape index (κ3) is 2.99. The van der Waals surface area contributed by atoms with Gasteiger partial charge < -0.3 is 0 Å². The van der Waals surface area contributed by atoms with Crippen molar-refractivity contribution in [2.24, 2.45) is 5.41 Å². The summed E-state index contributed by atoms with van der Waals surface area (Å²) in [6.45, 7) is 4.03. The van der Waals surface area contributed by atoms with Gasteiger partial charge in [-0.05, 0) is 25.0 Å². The first kappa shape index (κ1) is 18.2. The number of hydrazine groups is 1. The Hall–Kier alpha value is -2.65. The monoisotopic (exact) mass is 346 g/mol. The molecular formula is C23H26N2O. The number of carbonyl (C=O) groups is 1. The number of rotatable bonds is 5. The molecule has 2 aromatic rings. The summed E-state index contributed by atoms with van der Waals surface area (Å²) in [4.78, 5) is 12.8. The van der Waals surface area contributed by atoms with Gasteiger partial charge in [0.25, 0.3) is 0 Å². The molecule has 26 heavy (non-hydrogen) atoms. The molecule has 1 amide bonds. The minimum absolute atomic E-state index is 0.123. The fourth-order valence-electron chi connectivity index (χ4n) is 3.52. The first-order chi connectivity index (χ1) is 12.4. The predicted octanol–water partition coefficient (Wildman–Crippen LogP) is 4.50. The minimum atomic E-state index is -0.520. The van der Waals surface area contributed by atoms with Crippen molar-refractivity contribution >= 4 is 18.1 Å². The molecule has 0 bridgehead atoms. The van der Waals surface area contributed by atoms with E-state index in [2.05, 4.69) is 48.6 Å². The van der Waals surface area contributed by atoms with E-state index in [0.29, 0.717) is 0 Å². The van der Waals surface area contributed by atoms with Gasteiger partial charge >= 0.3 is 0 Å². The van der Waals surface area contributed by atoms with Crippen LogP contribution in [0.15, 0.2) is 72.8 Å². The van der Waals surface area contributed by atoms with Gasteiger partial charge in [-0.3, -0.25) is 9.80 Å². The van der Waals surface area contributed by atoms with Crippen molar-refractivity contribution in [3.63, 3.8) is 0 Å². The lowest BCUT2D eigenvalue weighted by atomic mass is 9.62. The van der Waals surface area contributed by atoms with Crippen molar-refractivity contribution in [3.8, 4) is 0 Å². The van der Waals surface area contributed by atoms with Crippen LogP contribution in [0.4, 0.5) is 0 Å². The molecule has 0 spiro atoms. The maximum atomic E-state index is 12.8. The average molecular weight is 346 g/mol. The standard InChI is InChI=1S/C23H26N2O/c1-22(2)21(26)25(24(3)4)23(22,17-15-19-11-7-5-8-12-19)18-16-20-13-9-6-10-14-20/h5-18H,1-4H3/b17-15+,18-16+. The molecule has 0 N–H and O–H groups in total. The number of hydrogen-bond donors (Lipinski definition) is 0. The largest absolute Gasteiger partial charge is 0.273 e. The van der Waals surface area contributed by atoms with E-state index in [-0.39, 0.29) is 5.91 Å². The quantitative estimate of drug-likeness (QED) is 0.744. The zero-order valence-electron chi connectivity index (χ0n) is 15.9. The molecular weight excluding hydrogens is 320 g/mol. The van der Waals surface area contributed by atoms with Crippen LogP contribution in [0.25, 0.3) is 12.2 Å². The highest BCUT2D eigenvalue weighted by Crippen LogP contribution is 2.51. The second-order valence-corrected chi connectivity index (χ2v) is 7.40. The summed E-state index contributed by atoms with van der Waals surface area (Å²) in [5.41, 5.74) is 1.20. The Kier molecular flexibility index (Phi) is 4.84. The molecule has 3 heteroatoms. The van der Waals surface area contributed by atoms with E-state index < -0.39 is 11.0 Å². The van der Waals surface area contributed by atoms with Gasteiger partial charge in [0.05, 0.1) is 5.41 Å². The van der Waals surface area contributed by atoms with Crippen LogP contribution >= 0.6 is 0 Å². The van der Waals surface area contributed by atoms with Gasteiger partial charge in [-0.2, -0.15) is 0 Å². The maximum Gasteiger partial charge on any atom is 0.246 e. The Balaban J connectivity index is 2.05. The lowest BCUT2D eigenvalue weighted by molar-refractivity contribution is -0.206. The second-order valence-electron chi connectivity index (χ2n) is 7.40. The number of β-lactam (4-membered cyclic amide) rings is 1. The molecule has 1 aliphatic heterocycles. The Morgan fingerprint density at radius 3 is 1.62 bits per heavy atom. The molecule has 1 fully saturated rings. The van der Waals surface area contributed by atoms with Gasteiger partial charge in [0, 0.05) is 14.1 Å². The van der Waals surface area contributed by atoms with Gasteiger partial charge in [-0.15, -0.1) is 0 Å². The van der Waals surface area contributed by atoms with Crippen molar-refractivity contribution in [1.29, 1.82) is 0 Å². The number of carbonyl (C=O) groups excluding carboxylic acids is 1. The number of benzene rings is 2. The van der Waals surface area contributed by atoms with E-state index >= 15 is 0 Å². The molecule has 0 saturated carbocycles. The van der Waals surface area contributed by atoms with Crippen molar-refractivity contribution in [2.45, 2.75) is 19.4 Å². The first-order valence-electron chi connectivity index (χ1n) is 8.89. The molecule has 1 heterocycles. The molecule has 1 saturated heterocycles. The Labute approximate surface area is 156 Å². The van der Waals surface area contributed by atoms with Gasteiger partial charge in [0.15, 0.2) is 0 Å². The van der Waals surface area contributed by atoms with Crippen molar-refractivity contribution in [1.82, 2.24) is 10.0 Å². The number of hydrogen-bond acceptors (Lipinski definition) is 2. The van der Waals surface area contributed by atoms with Crippen molar-refractivity contribution in [2.75, 3.05) is 14.1 Å². The van der Waals surface area contributed by atoms with Crippen LogP contribution in [0.2, 0.25) is 0 Å². The lowest BCUT2D eigenvalue weighted by Crippen LogP contribution is -2.77. The van der Waals surface area contributed by atoms with Crippen LogP contribution in [0.1, 0.15) is 25.0 Å². The fraction of sp³-hybridized carbons (Fsp3) is 0.261. The molecule has 3 rings (SSSR count). The third-order valence-electron chi connectivity index (χ3n) is 5.14. The third-order valence-corrected chi connectivity index (χ3v) is 5.14. The Bertz CT molecular complexity index is 770. The lowest BCUT2D eigenvalue weighted by Gasteiger charge is -2.62. The molecule has 134 valence electrons. The molecule has 0 aromatic heterocycles. The maximum absolute atomic E-state index is 12.8. The summed E-state index contributed by atoms with van der Waals surface area (Å²) in [6, 6.07) is 20.4. The molecule has 1 aliphatic rings. The SMILES string of the molecule is CN(C)N1C(=O)C(C)(C)C1(/C=C/c1ccccc1)/C=C/c1ccccc1. The summed E-state index contributed by atoms with van der Waals surface area (Å²) in [5, 5.41) is 3.70. The fourth-order valence-corrected chi connectivity index (χ4v) is 3.52. The topological polar surface area (TPSA) is 23.6 Å². The summed E-state index contributed by atoms with van der Waals surface area (Å²) in [5.74, 6) is 0.123. The second kappa shape index (κ2) is 6.93. The summed E-state index contributed by atoms with van der Waals surface area (Å²) in [7, 11) is 3.82. The van der Waals surface area contributed by atoms with Gasteiger partial charge in [-0.1, -0.05) is 85.0 Å². The molecule has 0 radical (unpaired) electrons. The highest BCUT2D eigenvalue weighted by molar-refractivity contribution is 5.94. The van der Waals surface area contributed by atoms with Gasteiger partial charge in [-0.25, -0.2) is 5.01 Å². The number of amides is 1. The van der Waals surface area contributed by atoms with Crippen LogP contribution < -0.4 is 0 Å². The zero-order chi connectivity index (χ0) is 18.8. The van der Waals surface area contributed by atoms with Crippen LogP contribution in [0.3, 0.4) is 0 Å². The summed E-state index contributed by atoms with van der Waals surface area (Å²) >= 11 is 0. The van der Waals surface area contributed by atoms with E-state index in [1.165, 1.54) is 0 Å². The van der Waals surface area contributed by atoms with E-state index in [1.807, 2.05) is 74.4 Å². The molecule has 0 atom stereocenters.